The fourth-order valence-electron chi connectivity index (χ4n) is 1.72. The maximum atomic E-state index is 12.3. The van der Waals surface area contributed by atoms with E-state index < -0.39 is 12.1 Å². The first kappa shape index (κ1) is 18.0. The average Bonchev–Trinajstić information content (AvgIpc) is 2.32. The molecule has 112 valence electrons. The second-order valence-corrected chi connectivity index (χ2v) is 6.39. The molecule has 1 unspecified atom stereocenters. The zero-order valence-electron chi connectivity index (χ0n) is 12.2. The van der Waals surface area contributed by atoms with Crippen LogP contribution in [0.1, 0.15) is 20.3 Å². The van der Waals surface area contributed by atoms with Crippen molar-refractivity contribution in [3.8, 4) is 0 Å². The number of likely N-dealkylation sites (N-methyl/N-ethyl adjacent to an activating group) is 1. The molecule has 0 aromatic carbocycles. The molecule has 0 spiro atoms. The minimum atomic E-state index is -0.675. The monoisotopic (exact) mass is 290 g/mol. The van der Waals surface area contributed by atoms with E-state index in [1.165, 1.54) is 0 Å². The van der Waals surface area contributed by atoms with Crippen LogP contribution < -0.4 is 16.8 Å². The van der Waals surface area contributed by atoms with Gasteiger partial charge >= 0.3 is 6.03 Å². The molecule has 0 bridgehead atoms. The quantitative estimate of drug-likeness (QED) is 0.595. The highest BCUT2D eigenvalue weighted by Gasteiger charge is 2.26. The molecule has 3 amide bonds. The summed E-state index contributed by atoms with van der Waals surface area (Å²) in [7, 11) is 1.72. The predicted molar refractivity (Wildman–Crippen MR) is 80.0 cm³/mol. The lowest BCUT2D eigenvalue weighted by molar-refractivity contribution is -0.133. The van der Waals surface area contributed by atoms with Crippen molar-refractivity contribution >= 4 is 23.7 Å². The van der Waals surface area contributed by atoms with Gasteiger partial charge in [-0.05, 0) is 30.4 Å². The molecule has 0 fully saturated rings. The highest BCUT2D eigenvalue weighted by molar-refractivity contribution is 7.98. The van der Waals surface area contributed by atoms with Crippen molar-refractivity contribution in [3.63, 3.8) is 0 Å². The highest BCUT2D eigenvalue weighted by Crippen LogP contribution is 2.15. The minimum absolute atomic E-state index is 0.130. The summed E-state index contributed by atoms with van der Waals surface area (Å²) in [6.07, 6.45) is 2.52. The summed E-state index contributed by atoms with van der Waals surface area (Å²) in [5, 5.41) is 2.50. The second kappa shape index (κ2) is 8.27. The lowest BCUT2D eigenvalue weighted by atomic mass is 9.93. The van der Waals surface area contributed by atoms with Gasteiger partial charge in [0.1, 0.15) is 6.04 Å². The molecule has 0 aromatic rings. The molecule has 0 radical (unpaired) electrons. The zero-order valence-corrected chi connectivity index (χ0v) is 13.0. The van der Waals surface area contributed by atoms with Crippen LogP contribution in [0.4, 0.5) is 4.79 Å². The van der Waals surface area contributed by atoms with Crippen LogP contribution >= 0.6 is 11.8 Å². The SMILES string of the molecule is CSCCC(NC(N)=O)C(=O)N(C)CC(C)(C)CN. The molecular weight excluding hydrogens is 264 g/mol. The molecule has 5 N–H and O–H groups in total. The van der Waals surface area contributed by atoms with Crippen LogP contribution in [0.15, 0.2) is 0 Å². The van der Waals surface area contributed by atoms with Gasteiger partial charge in [-0.2, -0.15) is 11.8 Å². The third-order valence-electron chi connectivity index (χ3n) is 2.82. The van der Waals surface area contributed by atoms with E-state index in [9.17, 15) is 9.59 Å². The smallest absolute Gasteiger partial charge is 0.312 e. The Morgan fingerprint density at radius 3 is 2.42 bits per heavy atom. The van der Waals surface area contributed by atoms with Crippen molar-refractivity contribution in [3.05, 3.63) is 0 Å². The van der Waals surface area contributed by atoms with E-state index in [1.54, 1.807) is 23.7 Å². The molecule has 0 rings (SSSR count). The largest absolute Gasteiger partial charge is 0.352 e. The number of amides is 3. The third kappa shape index (κ3) is 7.27. The van der Waals surface area contributed by atoms with Crippen LogP contribution in [0.3, 0.4) is 0 Å². The summed E-state index contributed by atoms with van der Waals surface area (Å²) < 4.78 is 0. The van der Waals surface area contributed by atoms with Crippen molar-refractivity contribution in [2.24, 2.45) is 16.9 Å². The van der Waals surface area contributed by atoms with E-state index in [1.807, 2.05) is 20.1 Å². The Labute approximate surface area is 119 Å². The molecule has 0 saturated carbocycles. The summed E-state index contributed by atoms with van der Waals surface area (Å²) >= 11 is 1.62. The number of nitrogens with zero attached hydrogens (tertiary/aromatic N) is 1. The molecule has 0 heterocycles. The van der Waals surface area contributed by atoms with E-state index >= 15 is 0 Å². The number of rotatable bonds is 8. The van der Waals surface area contributed by atoms with Gasteiger partial charge in [0.05, 0.1) is 0 Å². The topological polar surface area (TPSA) is 101 Å². The highest BCUT2D eigenvalue weighted by atomic mass is 32.2. The average molecular weight is 290 g/mol. The molecule has 0 aliphatic rings. The molecular formula is C12H26N4O2S. The first-order valence-corrected chi connectivity index (χ1v) is 7.63. The maximum absolute atomic E-state index is 12.3. The van der Waals surface area contributed by atoms with Gasteiger partial charge in [0.25, 0.3) is 0 Å². The summed E-state index contributed by atoms with van der Waals surface area (Å²) in [5.74, 6) is 0.652. The van der Waals surface area contributed by atoms with Gasteiger partial charge in [-0.1, -0.05) is 13.8 Å². The normalized spacial score (nSPS) is 12.9. The van der Waals surface area contributed by atoms with E-state index in [-0.39, 0.29) is 11.3 Å². The van der Waals surface area contributed by atoms with Crippen LogP contribution in [-0.2, 0) is 4.79 Å². The van der Waals surface area contributed by atoms with Gasteiger partial charge in [0.15, 0.2) is 0 Å². The van der Waals surface area contributed by atoms with Crippen molar-refractivity contribution in [1.29, 1.82) is 0 Å². The summed E-state index contributed by atoms with van der Waals surface area (Å²) in [6.45, 7) is 5.02. The third-order valence-corrected chi connectivity index (χ3v) is 3.46. The Hall–Kier alpha value is -0.950. The number of carbonyl (C=O) groups excluding carboxylic acids is 2. The number of thioether (sulfide) groups is 1. The number of nitrogens with two attached hydrogens (primary N) is 2. The number of nitrogens with one attached hydrogen (secondary N) is 1. The number of carbonyl (C=O) groups is 2. The van der Waals surface area contributed by atoms with Gasteiger partial charge in [0.2, 0.25) is 5.91 Å². The van der Waals surface area contributed by atoms with Gasteiger partial charge in [-0.25, -0.2) is 4.79 Å². The standard InChI is InChI=1S/C12H26N4O2S/c1-12(2,7-13)8-16(3)10(17)9(5-6-19-4)15-11(14)18/h9H,5-8,13H2,1-4H3,(H3,14,15,18). The van der Waals surface area contributed by atoms with Crippen molar-refractivity contribution in [2.75, 3.05) is 32.1 Å². The molecule has 6 nitrogen and oxygen atoms in total. The van der Waals surface area contributed by atoms with E-state index in [4.69, 9.17) is 11.5 Å². The van der Waals surface area contributed by atoms with Crippen molar-refractivity contribution < 1.29 is 9.59 Å². The van der Waals surface area contributed by atoms with Crippen molar-refractivity contribution in [1.82, 2.24) is 10.2 Å². The lowest BCUT2D eigenvalue weighted by Crippen LogP contribution is -2.51. The first-order valence-electron chi connectivity index (χ1n) is 6.23. The van der Waals surface area contributed by atoms with Crippen LogP contribution in [0.2, 0.25) is 0 Å². The van der Waals surface area contributed by atoms with Crippen LogP contribution in [0.5, 0.6) is 0 Å². The predicted octanol–water partition coefficient (Wildman–Crippen LogP) is 0.220. The number of primary amides is 1. The Morgan fingerprint density at radius 2 is 2.00 bits per heavy atom. The Bertz CT molecular complexity index is 310. The lowest BCUT2D eigenvalue weighted by Gasteiger charge is -2.31. The molecule has 0 aliphatic heterocycles. The number of hydrogen-bond donors (Lipinski definition) is 3. The molecule has 1 atom stereocenters. The van der Waals surface area contributed by atoms with Gasteiger partial charge < -0.3 is 21.7 Å². The van der Waals surface area contributed by atoms with Crippen molar-refractivity contribution in [2.45, 2.75) is 26.3 Å². The van der Waals surface area contributed by atoms with E-state index in [2.05, 4.69) is 5.32 Å². The Kier molecular flexibility index (Phi) is 7.85. The summed E-state index contributed by atoms with van der Waals surface area (Å²) in [6, 6.07) is -1.24. The molecule has 19 heavy (non-hydrogen) atoms. The Morgan fingerprint density at radius 1 is 1.42 bits per heavy atom. The second-order valence-electron chi connectivity index (χ2n) is 5.41. The molecule has 0 saturated heterocycles. The molecule has 7 heteroatoms. The fraction of sp³-hybridized carbons (Fsp3) is 0.833. The van der Waals surface area contributed by atoms with Gasteiger partial charge in [-0.15, -0.1) is 0 Å². The van der Waals surface area contributed by atoms with E-state index in [0.29, 0.717) is 19.5 Å². The summed E-state index contributed by atoms with van der Waals surface area (Å²) in [5.41, 5.74) is 10.6. The molecule has 0 aliphatic carbocycles. The van der Waals surface area contributed by atoms with Crippen LogP contribution in [-0.4, -0.2) is 55.0 Å². The first-order chi connectivity index (χ1) is 8.73. The number of urea groups is 1. The minimum Gasteiger partial charge on any atom is -0.352 e. The van der Waals surface area contributed by atoms with Crippen LogP contribution in [0, 0.1) is 5.41 Å². The zero-order chi connectivity index (χ0) is 15.1. The van der Waals surface area contributed by atoms with E-state index in [0.717, 1.165) is 5.75 Å². The van der Waals surface area contributed by atoms with Gasteiger partial charge in [-0.3, -0.25) is 4.79 Å². The van der Waals surface area contributed by atoms with Crippen LogP contribution in [0.25, 0.3) is 0 Å². The fourth-order valence-corrected chi connectivity index (χ4v) is 2.19. The summed E-state index contributed by atoms with van der Waals surface area (Å²) in [4.78, 5) is 24.8. The maximum Gasteiger partial charge on any atom is 0.312 e. The Balaban J connectivity index is 4.63. The van der Waals surface area contributed by atoms with Gasteiger partial charge in [0, 0.05) is 13.6 Å². The molecule has 0 aromatic heterocycles. The number of hydrogen-bond acceptors (Lipinski definition) is 4.